The first-order valence-corrected chi connectivity index (χ1v) is 22.5. The van der Waals surface area contributed by atoms with Crippen LogP contribution in [-0.4, -0.2) is 16.1 Å². The first-order chi connectivity index (χ1) is 21.8. The number of hydrogen-bond acceptors (Lipinski definition) is 0. The monoisotopic (exact) mass is 640 g/mol. The molecule has 0 aromatic heterocycles. The van der Waals surface area contributed by atoms with E-state index in [0.29, 0.717) is 33.2 Å². The fourth-order valence-electron chi connectivity index (χ4n) is 11.1. The highest BCUT2D eigenvalue weighted by Gasteiger charge is 2.45. The molecule has 0 saturated heterocycles. The van der Waals surface area contributed by atoms with E-state index in [9.17, 15) is 0 Å². The Bertz CT molecular complexity index is 1880. The second-order valence-corrected chi connectivity index (χ2v) is 28.0. The minimum atomic E-state index is -1.71. The number of hydrogen-bond donors (Lipinski definition) is 0. The van der Waals surface area contributed by atoms with Crippen LogP contribution in [0.5, 0.6) is 0 Å². The van der Waals surface area contributed by atoms with Crippen molar-refractivity contribution in [3.63, 3.8) is 0 Å². The maximum atomic E-state index is 2.56. The number of fused-ring (bicyclic) bond motifs is 9. The Labute approximate surface area is 280 Å². The van der Waals surface area contributed by atoms with Crippen LogP contribution in [0.15, 0.2) is 84.9 Å². The summed E-state index contributed by atoms with van der Waals surface area (Å²) in [4.78, 5) is 0. The minimum Gasteiger partial charge on any atom is -0.0648 e. The van der Waals surface area contributed by atoms with Crippen LogP contribution in [0, 0.1) is 0 Å². The highest BCUT2D eigenvalue weighted by molar-refractivity contribution is 6.95. The fraction of sp³-hybridized carbons (Fsp3) is 0.409. The van der Waals surface area contributed by atoms with Crippen molar-refractivity contribution in [3.8, 4) is 0 Å². The molecule has 0 aliphatic heterocycles. The molecule has 0 bridgehead atoms. The molecule has 0 fully saturated rings. The highest BCUT2D eigenvalue weighted by Crippen LogP contribution is 2.44. The lowest BCUT2D eigenvalue weighted by molar-refractivity contribution is 0.835. The molecule has 0 radical (unpaired) electrons. The highest BCUT2D eigenvalue weighted by atomic mass is 28.3. The van der Waals surface area contributed by atoms with Gasteiger partial charge in [-0.3, -0.25) is 0 Å². The van der Waals surface area contributed by atoms with Crippen molar-refractivity contribution in [2.75, 3.05) is 0 Å². The van der Waals surface area contributed by atoms with Gasteiger partial charge in [0.25, 0.3) is 0 Å². The summed E-state index contributed by atoms with van der Waals surface area (Å²) < 4.78 is 0. The molecule has 0 amide bonds. The number of benzene rings is 6. The molecule has 0 unspecified atom stereocenters. The average Bonchev–Trinajstić information content (AvgIpc) is 2.99. The molecule has 0 spiro atoms. The van der Waals surface area contributed by atoms with Crippen molar-refractivity contribution < 1.29 is 0 Å². The first kappa shape index (κ1) is 33.0. The summed E-state index contributed by atoms with van der Waals surface area (Å²) >= 11 is 0. The molecular weight excluding hydrogens is 585 g/mol. The van der Waals surface area contributed by atoms with Crippen LogP contribution in [0.3, 0.4) is 0 Å². The van der Waals surface area contributed by atoms with E-state index in [1.54, 1.807) is 10.4 Å². The average molecular weight is 641 g/mol. The zero-order valence-electron chi connectivity index (χ0n) is 30.5. The van der Waals surface area contributed by atoms with E-state index >= 15 is 0 Å². The van der Waals surface area contributed by atoms with Gasteiger partial charge in [-0.05, 0) is 87.1 Å². The van der Waals surface area contributed by atoms with Crippen LogP contribution in [0.2, 0.25) is 33.2 Å². The maximum Gasteiger partial charge on any atom is 0.0942 e. The zero-order valence-corrected chi connectivity index (χ0v) is 32.5. The van der Waals surface area contributed by atoms with Gasteiger partial charge in [0.15, 0.2) is 0 Å². The van der Waals surface area contributed by atoms with Gasteiger partial charge in [-0.1, -0.05) is 178 Å². The molecule has 0 N–H and O–H groups in total. The fourth-order valence-corrected chi connectivity index (χ4v) is 24.6. The van der Waals surface area contributed by atoms with E-state index in [2.05, 4.69) is 168 Å². The Morgan fingerprint density at radius 1 is 0.283 bits per heavy atom. The summed E-state index contributed by atoms with van der Waals surface area (Å²) in [6.45, 7) is 29.6. The molecule has 6 aromatic rings. The normalized spacial score (nSPS) is 13.5. The summed E-state index contributed by atoms with van der Waals surface area (Å²) in [5.41, 5.74) is 4.23. The zero-order chi connectivity index (χ0) is 33.3. The molecule has 0 nitrogen and oxygen atoms in total. The standard InChI is InChI=1S/C44H56Si2/c1-27(2)45(28(3)4,29(5)6)35-15-19-37-33(25-35)13-17-41-39(37)21-23-44-42-18-14-34-26-36(46(30(7)8,31(9)10)32(11)12)16-20-38(34)40(42)22-24-43(41)44/h13-32H,1-12H3. The van der Waals surface area contributed by atoms with Gasteiger partial charge < -0.3 is 0 Å². The Morgan fingerprint density at radius 3 is 0.761 bits per heavy atom. The van der Waals surface area contributed by atoms with E-state index in [-0.39, 0.29) is 0 Å². The Kier molecular flexibility index (Phi) is 8.56. The van der Waals surface area contributed by atoms with Gasteiger partial charge in [-0.15, -0.1) is 0 Å². The SMILES string of the molecule is CC(C)[Si](c1ccc2c(ccc3c2ccc2c4ccc5cc([Si](C(C)C)(C(C)C)C(C)C)ccc5c4ccc32)c1)(C(C)C)C(C)C. The van der Waals surface area contributed by atoms with Crippen LogP contribution < -0.4 is 10.4 Å². The lowest BCUT2D eigenvalue weighted by Gasteiger charge is -2.43. The van der Waals surface area contributed by atoms with Gasteiger partial charge in [0.1, 0.15) is 0 Å². The van der Waals surface area contributed by atoms with Gasteiger partial charge in [-0.25, -0.2) is 0 Å². The van der Waals surface area contributed by atoms with Crippen molar-refractivity contribution in [2.24, 2.45) is 0 Å². The van der Waals surface area contributed by atoms with E-state index < -0.39 is 16.1 Å². The molecule has 46 heavy (non-hydrogen) atoms. The molecule has 0 saturated carbocycles. The summed E-state index contributed by atoms with van der Waals surface area (Å²) in [5, 5.41) is 16.9. The topological polar surface area (TPSA) is 0 Å². The molecule has 0 aliphatic carbocycles. The Balaban J connectivity index is 1.52. The van der Waals surface area contributed by atoms with Gasteiger partial charge in [-0.2, -0.15) is 0 Å². The third-order valence-electron chi connectivity index (χ3n) is 12.6. The van der Waals surface area contributed by atoms with Crippen LogP contribution in [0.25, 0.3) is 53.9 Å². The predicted molar refractivity (Wildman–Crippen MR) is 215 cm³/mol. The lowest BCUT2D eigenvalue weighted by atomic mass is 9.92. The molecule has 0 heterocycles. The van der Waals surface area contributed by atoms with E-state index in [1.807, 2.05) is 0 Å². The van der Waals surface area contributed by atoms with Crippen LogP contribution in [0.1, 0.15) is 83.1 Å². The Morgan fingerprint density at radius 2 is 0.500 bits per heavy atom. The van der Waals surface area contributed by atoms with Gasteiger partial charge in [0, 0.05) is 0 Å². The number of rotatable bonds is 8. The summed E-state index contributed by atoms with van der Waals surface area (Å²) in [6, 6.07) is 34.1. The third-order valence-corrected chi connectivity index (χ3v) is 26.6. The summed E-state index contributed by atoms with van der Waals surface area (Å²) in [7, 11) is -3.43. The molecule has 240 valence electrons. The first-order valence-electron chi connectivity index (χ1n) is 18.0. The molecule has 0 aliphatic rings. The molecule has 0 atom stereocenters. The molecular formula is C44H56Si2. The van der Waals surface area contributed by atoms with E-state index in [1.165, 1.54) is 53.9 Å². The van der Waals surface area contributed by atoms with Crippen molar-refractivity contribution in [3.05, 3.63) is 84.9 Å². The van der Waals surface area contributed by atoms with Crippen LogP contribution in [0.4, 0.5) is 0 Å². The summed E-state index contributed by atoms with van der Waals surface area (Å²) in [5.74, 6) is 0. The molecule has 6 aromatic carbocycles. The maximum absolute atomic E-state index is 2.56. The van der Waals surface area contributed by atoms with Crippen LogP contribution >= 0.6 is 0 Å². The van der Waals surface area contributed by atoms with Gasteiger partial charge in [0.05, 0.1) is 16.1 Å². The lowest BCUT2D eigenvalue weighted by Crippen LogP contribution is -2.55. The molecule has 6 rings (SSSR count). The third kappa shape index (κ3) is 4.65. The summed E-state index contributed by atoms with van der Waals surface area (Å²) in [6.07, 6.45) is 0. The molecule has 2 heteroatoms. The van der Waals surface area contributed by atoms with Crippen molar-refractivity contribution >= 4 is 80.4 Å². The van der Waals surface area contributed by atoms with Gasteiger partial charge >= 0.3 is 0 Å². The van der Waals surface area contributed by atoms with Gasteiger partial charge in [0.2, 0.25) is 0 Å². The van der Waals surface area contributed by atoms with Crippen LogP contribution in [-0.2, 0) is 0 Å². The smallest absolute Gasteiger partial charge is 0.0648 e. The van der Waals surface area contributed by atoms with Crippen molar-refractivity contribution in [2.45, 2.75) is 116 Å². The quantitative estimate of drug-likeness (QED) is 0.115. The second kappa shape index (κ2) is 11.9. The largest absolute Gasteiger partial charge is 0.0942 e. The minimum absolute atomic E-state index is 0.704. The van der Waals surface area contributed by atoms with E-state index in [4.69, 9.17) is 0 Å². The van der Waals surface area contributed by atoms with Crippen molar-refractivity contribution in [1.82, 2.24) is 0 Å². The van der Waals surface area contributed by atoms with E-state index in [0.717, 1.165) is 0 Å². The second-order valence-electron chi connectivity index (χ2n) is 16.2. The Hall–Kier alpha value is -2.95. The van der Waals surface area contributed by atoms with Crippen molar-refractivity contribution in [1.29, 1.82) is 0 Å². The predicted octanol–water partition coefficient (Wildman–Crippen LogP) is 13.2.